The number of benzene rings is 2. The largest absolute Gasteiger partial charge is 0.494 e. The van der Waals surface area contributed by atoms with Crippen LogP contribution in [0.4, 0.5) is 0 Å². The molecule has 0 radical (unpaired) electrons. The van der Waals surface area contributed by atoms with Gasteiger partial charge in [0.1, 0.15) is 5.75 Å². The van der Waals surface area contributed by atoms with Gasteiger partial charge in [0.25, 0.3) is 5.91 Å². The van der Waals surface area contributed by atoms with E-state index < -0.39 is 0 Å². The highest BCUT2D eigenvalue weighted by Crippen LogP contribution is 2.29. The monoisotopic (exact) mass is 381 g/mol. The molecule has 28 heavy (non-hydrogen) atoms. The lowest BCUT2D eigenvalue weighted by molar-refractivity contribution is -0.148. The van der Waals surface area contributed by atoms with E-state index in [0.717, 1.165) is 30.6 Å². The minimum absolute atomic E-state index is 0.00535. The van der Waals surface area contributed by atoms with Crippen LogP contribution in [0.15, 0.2) is 48.5 Å². The van der Waals surface area contributed by atoms with Crippen molar-refractivity contribution in [2.75, 3.05) is 13.2 Å². The molecule has 0 aliphatic heterocycles. The maximum absolute atomic E-state index is 12.2. The molecule has 3 rings (SSSR count). The summed E-state index contributed by atoms with van der Waals surface area (Å²) in [4.78, 5) is 24.3. The summed E-state index contributed by atoms with van der Waals surface area (Å²) in [6.07, 6.45) is 3.73. The number of carbonyl (C=O) groups excluding carboxylic acids is 2. The van der Waals surface area contributed by atoms with Gasteiger partial charge in [0.05, 0.1) is 12.6 Å². The third-order valence-corrected chi connectivity index (χ3v) is 4.94. The lowest BCUT2D eigenvalue weighted by Gasteiger charge is -2.26. The van der Waals surface area contributed by atoms with Crippen LogP contribution >= 0.6 is 0 Å². The number of fused-ring (bicyclic) bond motifs is 1. The van der Waals surface area contributed by atoms with E-state index in [4.69, 9.17) is 9.47 Å². The number of para-hydroxylation sites is 1. The van der Waals surface area contributed by atoms with Gasteiger partial charge in [-0.3, -0.25) is 9.59 Å². The van der Waals surface area contributed by atoms with Gasteiger partial charge in [0, 0.05) is 6.42 Å². The quantitative estimate of drug-likeness (QED) is 0.707. The fraction of sp³-hybridized carbons (Fsp3) is 0.391. The van der Waals surface area contributed by atoms with E-state index in [-0.39, 0.29) is 30.9 Å². The molecule has 0 fully saturated rings. The van der Waals surface area contributed by atoms with Crippen molar-refractivity contribution in [3.63, 3.8) is 0 Å². The summed E-state index contributed by atoms with van der Waals surface area (Å²) in [7, 11) is 0. The molecule has 1 atom stereocenters. The van der Waals surface area contributed by atoms with Crippen molar-refractivity contribution < 1.29 is 19.1 Å². The number of hydrogen-bond donors (Lipinski definition) is 1. The zero-order valence-electron chi connectivity index (χ0n) is 16.3. The van der Waals surface area contributed by atoms with Crippen molar-refractivity contribution in [3.8, 4) is 5.75 Å². The predicted molar refractivity (Wildman–Crippen MR) is 107 cm³/mol. The van der Waals surface area contributed by atoms with Gasteiger partial charge in [-0.2, -0.15) is 0 Å². The Balaban J connectivity index is 1.45. The molecule has 0 bridgehead atoms. The van der Waals surface area contributed by atoms with Gasteiger partial charge in [-0.15, -0.1) is 0 Å². The van der Waals surface area contributed by atoms with Crippen molar-refractivity contribution >= 4 is 11.9 Å². The Morgan fingerprint density at radius 2 is 1.89 bits per heavy atom. The minimum atomic E-state index is -0.384. The topological polar surface area (TPSA) is 64.6 Å². The summed E-state index contributed by atoms with van der Waals surface area (Å²) in [6, 6.07) is 15.8. The van der Waals surface area contributed by atoms with Crippen LogP contribution < -0.4 is 10.1 Å². The molecule has 5 nitrogen and oxygen atoms in total. The van der Waals surface area contributed by atoms with Crippen molar-refractivity contribution in [2.45, 2.75) is 45.1 Å². The van der Waals surface area contributed by atoms with Gasteiger partial charge < -0.3 is 14.8 Å². The summed E-state index contributed by atoms with van der Waals surface area (Å²) in [5.41, 5.74) is 3.41. The highest BCUT2D eigenvalue weighted by molar-refractivity contribution is 5.81. The number of aryl methyl sites for hydroxylation is 2. The summed E-state index contributed by atoms with van der Waals surface area (Å²) < 4.78 is 10.7. The molecule has 0 spiro atoms. The summed E-state index contributed by atoms with van der Waals surface area (Å²) in [6.45, 7) is 2.25. The molecule has 1 aliphatic carbocycles. The van der Waals surface area contributed by atoms with Crippen LogP contribution in [0.25, 0.3) is 0 Å². The Hall–Kier alpha value is -2.82. The molecular formula is C23H27NO4. The summed E-state index contributed by atoms with van der Waals surface area (Å²) in [5, 5.41) is 2.99. The maximum Gasteiger partial charge on any atom is 0.306 e. The average Bonchev–Trinajstić information content (AvgIpc) is 2.72. The zero-order chi connectivity index (χ0) is 19.8. The zero-order valence-corrected chi connectivity index (χ0v) is 16.3. The van der Waals surface area contributed by atoms with Gasteiger partial charge in [-0.25, -0.2) is 0 Å². The maximum atomic E-state index is 12.2. The van der Waals surface area contributed by atoms with E-state index in [1.54, 1.807) is 0 Å². The second kappa shape index (κ2) is 9.93. The molecule has 2 aromatic carbocycles. The Labute approximate surface area is 166 Å². The van der Waals surface area contributed by atoms with Crippen molar-refractivity contribution in [1.82, 2.24) is 5.32 Å². The molecule has 0 saturated heterocycles. The first-order valence-electron chi connectivity index (χ1n) is 9.91. The van der Waals surface area contributed by atoms with Crippen LogP contribution in [0.1, 0.15) is 48.9 Å². The van der Waals surface area contributed by atoms with E-state index in [0.29, 0.717) is 13.0 Å². The first kappa shape index (κ1) is 19.9. The van der Waals surface area contributed by atoms with Gasteiger partial charge in [-0.05, 0) is 55.4 Å². The molecule has 5 heteroatoms. The van der Waals surface area contributed by atoms with Crippen molar-refractivity contribution in [1.29, 1.82) is 0 Å². The van der Waals surface area contributed by atoms with Crippen LogP contribution in [-0.2, 0) is 27.2 Å². The number of carbonyl (C=O) groups is 2. The second-order valence-electron chi connectivity index (χ2n) is 6.91. The number of nitrogens with one attached hydrogen (secondary N) is 1. The molecule has 148 valence electrons. The SMILES string of the molecule is CCOc1ccccc1CCC(=O)OCC(=O)N[C@@H]1CCCc2ccccc21. The second-order valence-corrected chi connectivity index (χ2v) is 6.91. The van der Waals surface area contributed by atoms with E-state index in [1.807, 2.05) is 43.3 Å². The van der Waals surface area contributed by atoms with Crippen molar-refractivity contribution in [3.05, 3.63) is 65.2 Å². The first-order valence-corrected chi connectivity index (χ1v) is 9.91. The molecule has 1 aliphatic rings. The van der Waals surface area contributed by atoms with Crippen LogP contribution in [0, 0.1) is 0 Å². The number of rotatable bonds is 8. The third-order valence-electron chi connectivity index (χ3n) is 4.94. The minimum Gasteiger partial charge on any atom is -0.494 e. The van der Waals surface area contributed by atoms with E-state index in [1.165, 1.54) is 11.1 Å². The van der Waals surface area contributed by atoms with Crippen LogP contribution in [-0.4, -0.2) is 25.1 Å². The van der Waals surface area contributed by atoms with E-state index >= 15 is 0 Å². The Morgan fingerprint density at radius 3 is 2.75 bits per heavy atom. The van der Waals surface area contributed by atoms with Crippen LogP contribution in [0.5, 0.6) is 5.75 Å². The molecular weight excluding hydrogens is 354 g/mol. The molecule has 0 saturated carbocycles. The van der Waals surface area contributed by atoms with Gasteiger partial charge >= 0.3 is 5.97 Å². The fourth-order valence-corrected chi connectivity index (χ4v) is 3.60. The average molecular weight is 381 g/mol. The smallest absolute Gasteiger partial charge is 0.306 e. The molecule has 1 amide bonds. The number of hydrogen-bond acceptors (Lipinski definition) is 4. The van der Waals surface area contributed by atoms with Gasteiger partial charge in [-0.1, -0.05) is 42.5 Å². The van der Waals surface area contributed by atoms with E-state index in [2.05, 4.69) is 17.4 Å². The third kappa shape index (κ3) is 5.35. The Kier molecular flexibility index (Phi) is 7.06. The van der Waals surface area contributed by atoms with Gasteiger partial charge in [0.2, 0.25) is 0 Å². The highest BCUT2D eigenvalue weighted by Gasteiger charge is 2.21. The molecule has 2 aromatic rings. The van der Waals surface area contributed by atoms with Crippen LogP contribution in [0.3, 0.4) is 0 Å². The standard InChI is InChI=1S/C23H27NO4/c1-2-27-21-13-6-4-9-18(21)14-15-23(26)28-16-22(25)24-20-12-7-10-17-8-3-5-11-19(17)20/h3-6,8-9,11,13,20H,2,7,10,12,14-16H2,1H3,(H,24,25)/t20-/m1/s1. The molecule has 1 N–H and O–H groups in total. The molecule has 0 unspecified atom stereocenters. The van der Waals surface area contributed by atoms with Gasteiger partial charge in [0.15, 0.2) is 6.61 Å². The van der Waals surface area contributed by atoms with E-state index in [9.17, 15) is 9.59 Å². The number of ether oxygens (including phenoxy) is 2. The lowest BCUT2D eigenvalue weighted by atomic mass is 9.88. The number of esters is 1. The summed E-state index contributed by atoms with van der Waals surface area (Å²) >= 11 is 0. The lowest BCUT2D eigenvalue weighted by Crippen LogP contribution is -2.34. The molecule has 0 aromatic heterocycles. The van der Waals surface area contributed by atoms with Crippen LogP contribution in [0.2, 0.25) is 0 Å². The van der Waals surface area contributed by atoms with Crippen molar-refractivity contribution in [2.24, 2.45) is 0 Å². The predicted octanol–water partition coefficient (Wildman–Crippen LogP) is 3.75. The number of amides is 1. The first-order chi connectivity index (χ1) is 13.7. The normalized spacial score (nSPS) is 15.4. The summed E-state index contributed by atoms with van der Waals surface area (Å²) in [5.74, 6) is 0.141. The molecule has 0 heterocycles. The Bertz CT molecular complexity index is 818. The fourth-order valence-electron chi connectivity index (χ4n) is 3.60. The highest BCUT2D eigenvalue weighted by atomic mass is 16.5. The Morgan fingerprint density at radius 1 is 1.11 bits per heavy atom.